The van der Waals surface area contributed by atoms with Gasteiger partial charge in [-0.2, -0.15) is 0 Å². The Labute approximate surface area is 485 Å². The van der Waals surface area contributed by atoms with Crippen LogP contribution in [-0.2, 0) is 9.84 Å². The summed E-state index contributed by atoms with van der Waals surface area (Å²) in [6, 6.07) is 8.90. The molecule has 76 heavy (non-hydrogen) atoms. The second-order valence-electron chi connectivity index (χ2n) is 31.8. The smallest absolute Gasteiger partial charge is 1.00 e. The summed E-state index contributed by atoms with van der Waals surface area (Å²) in [5, 5.41) is 49.6. The van der Waals surface area contributed by atoms with Gasteiger partial charge in [0, 0.05) is 7.11 Å². The second-order valence-corrected chi connectivity index (χ2v) is 34.0. The molecule has 0 amide bonds. The Morgan fingerprint density at radius 2 is 0.961 bits per heavy atom. The van der Waals surface area contributed by atoms with Gasteiger partial charge in [0.15, 0.2) is 9.84 Å². The fourth-order valence-electron chi connectivity index (χ4n) is 20.4. The van der Waals surface area contributed by atoms with Crippen LogP contribution < -0.4 is 0 Å². The van der Waals surface area contributed by atoms with Gasteiger partial charge in [0.25, 0.3) is 0 Å². The molecule has 0 saturated heterocycles. The van der Waals surface area contributed by atoms with Crippen molar-refractivity contribution in [1.29, 1.82) is 0 Å². The van der Waals surface area contributed by atoms with Crippen molar-refractivity contribution in [3.63, 3.8) is 0 Å². The van der Waals surface area contributed by atoms with Gasteiger partial charge in [-0.15, -0.1) is 0 Å². The molecule has 0 spiro atoms. The first-order valence-electron chi connectivity index (χ1n) is 31.3. The van der Waals surface area contributed by atoms with E-state index in [0.29, 0.717) is 39.4 Å². The van der Waals surface area contributed by atoms with E-state index in [9.17, 15) is 28.8 Å². The number of rotatable bonds is 12. The molecule has 8 aliphatic rings. The number of fused-ring (bicyclic) bond motifs is 10. The SMILES string of the molecule is CO.C[C@H](CC(C[C@@H](O)C(C)(C)C)S(=O)(=O)c1ccccc1)[C@H]1CC[C@H]2[C@@H]3CC[C@H]4C[C@@](C)(O)CC[C@]4(C)[C@H]3CC[C@]12C.C[C@H](CCC[C@@H](O)C(C)(C)C)[C@H]1CC[C@H]2[C@@H]3CC[C@H]4C[C@@](C)(O)CC[C@]4(C)[C@H]3CC[C@]12C.[H-].[H-].[Mg+2]. The Balaban J connectivity index is 0.000000322. The van der Waals surface area contributed by atoms with Gasteiger partial charge < -0.3 is 28.4 Å². The summed E-state index contributed by atoms with van der Waals surface area (Å²) in [5.74, 6) is 8.84. The molecule has 1 aromatic rings. The summed E-state index contributed by atoms with van der Waals surface area (Å²) in [6.45, 7) is 31.8. The minimum Gasteiger partial charge on any atom is -1.00 e. The van der Waals surface area contributed by atoms with Crippen LogP contribution in [0.3, 0.4) is 0 Å². The average molecular weight is 1090 g/mol. The van der Waals surface area contributed by atoms with E-state index in [2.05, 4.69) is 69.2 Å². The van der Waals surface area contributed by atoms with Gasteiger partial charge in [-0.05, 0) is 264 Å². The topological polar surface area (TPSA) is 135 Å². The van der Waals surface area contributed by atoms with Gasteiger partial charge in [0.2, 0.25) is 0 Å². The molecule has 9 heteroatoms. The zero-order chi connectivity index (χ0) is 55.5. The van der Waals surface area contributed by atoms with Crippen LogP contribution >= 0.6 is 0 Å². The van der Waals surface area contributed by atoms with E-state index in [1.54, 1.807) is 24.3 Å². The van der Waals surface area contributed by atoms with Gasteiger partial charge in [-0.1, -0.05) is 114 Å². The number of hydrogen-bond acceptors (Lipinski definition) is 7. The summed E-state index contributed by atoms with van der Waals surface area (Å²) in [4.78, 5) is 0.380. The van der Waals surface area contributed by atoms with Crippen molar-refractivity contribution in [2.24, 2.45) is 104 Å². The molecule has 436 valence electrons. The quantitative estimate of drug-likeness (QED) is 0.132. The van der Waals surface area contributed by atoms with Gasteiger partial charge in [-0.3, -0.25) is 0 Å². The summed E-state index contributed by atoms with van der Waals surface area (Å²) in [7, 11) is -2.56. The predicted molar refractivity (Wildman–Crippen MR) is 318 cm³/mol. The van der Waals surface area contributed by atoms with Crippen molar-refractivity contribution < 1.29 is 36.8 Å². The average Bonchev–Trinajstić information content (AvgIpc) is 3.89. The Bertz CT molecular complexity index is 2140. The van der Waals surface area contributed by atoms with E-state index in [1.165, 1.54) is 96.3 Å². The first-order valence-corrected chi connectivity index (χ1v) is 32.9. The third-order valence-electron chi connectivity index (χ3n) is 25.2. The minimum absolute atomic E-state index is 0. The summed E-state index contributed by atoms with van der Waals surface area (Å²) >= 11 is 0. The Morgan fingerprint density at radius 3 is 1.39 bits per heavy atom. The van der Waals surface area contributed by atoms with Crippen LogP contribution in [0.2, 0.25) is 0 Å². The standard InChI is InChI=1S/C36H58O4S.C30H54O2.CH4O.Mg.2H/c1-24(21-27(22-32(37)33(2,3)4)41(39,40)26-11-9-8-10-12-26)29-15-16-30-28-14-13-25-23-34(5,38)19-20-35(25,6)31(28)17-18-36(29,30)7;1-20(9-8-10-26(31)27(2,3)4)23-13-14-24-22-12-11-21-19-28(5,32)17-18-29(21,6)25(22)15-16-30(23,24)7;1-2;;;/h8-12,24-25,27-32,37-38H,13-23H2,1-7H3;20-26,31-32H,8-19H2,1-7H3;2H,1H3;;;/q;;;+2;2*-1/t24-,25+,27?,28+,29-,30+,31+,32-,34+,35+,36-;20-,21+,22+,23-,24+,25+,26-,28+,29+,30-;;;;/m11..../s1. The maximum Gasteiger partial charge on any atom is 2.00 e. The number of benzene rings is 1. The van der Waals surface area contributed by atoms with Gasteiger partial charge in [-0.25, -0.2) is 8.42 Å². The zero-order valence-corrected chi connectivity index (χ0v) is 53.7. The van der Waals surface area contributed by atoms with E-state index >= 15 is 0 Å². The first kappa shape index (κ1) is 64.9. The third-order valence-corrected chi connectivity index (χ3v) is 27.4. The molecule has 1 unspecified atom stereocenters. The molecule has 7 nitrogen and oxygen atoms in total. The number of hydrogen-bond donors (Lipinski definition) is 5. The molecule has 21 atom stereocenters. The molecule has 8 saturated carbocycles. The molecule has 9 rings (SSSR count). The fourth-order valence-corrected chi connectivity index (χ4v) is 22.3. The van der Waals surface area contributed by atoms with Crippen molar-refractivity contribution in [3.05, 3.63) is 30.3 Å². The van der Waals surface area contributed by atoms with E-state index in [0.717, 1.165) is 98.9 Å². The molecule has 0 radical (unpaired) electrons. The van der Waals surface area contributed by atoms with E-state index in [4.69, 9.17) is 5.11 Å². The van der Waals surface area contributed by atoms with E-state index < -0.39 is 32.4 Å². The van der Waals surface area contributed by atoms with Gasteiger partial charge >= 0.3 is 23.1 Å². The summed E-state index contributed by atoms with van der Waals surface area (Å²) in [5.41, 5.74) is 0.346. The first-order chi connectivity index (χ1) is 34.8. The van der Waals surface area contributed by atoms with Crippen molar-refractivity contribution >= 4 is 32.9 Å². The second kappa shape index (κ2) is 24.1. The van der Waals surface area contributed by atoms with Crippen LogP contribution in [-0.4, -0.2) is 92.8 Å². The molecule has 8 aliphatic carbocycles. The van der Waals surface area contributed by atoms with Crippen molar-refractivity contribution in [2.45, 2.75) is 278 Å². The summed E-state index contributed by atoms with van der Waals surface area (Å²) < 4.78 is 28.0. The van der Waals surface area contributed by atoms with Crippen LogP contribution in [0.4, 0.5) is 0 Å². The maximum absolute atomic E-state index is 14.0. The zero-order valence-electron chi connectivity index (χ0n) is 53.5. The third kappa shape index (κ3) is 12.9. The van der Waals surface area contributed by atoms with Crippen LogP contribution in [0.5, 0.6) is 0 Å². The minimum atomic E-state index is -3.56. The van der Waals surface area contributed by atoms with Crippen LogP contribution in [0, 0.1) is 104 Å². The Morgan fingerprint density at radius 1 is 0.539 bits per heavy atom. The maximum atomic E-state index is 14.0. The van der Waals surface area contributed by atoms with Crippen LogP contribution in [0.15, 0.2) is 35.2 Å². The monoisotopic (exact) mass is 1090 g/mol. The summed E-state index contributed by atoms with van der Waals surface area (Å²) in [6.07, 6.45) is 25.8. The molecule has 5 N–H and O–H groups in total. The molecule has 8 fully saturated rings. The molecule has 0 aliphatic heterocycles. The van der Waals surface area contributed by atoms with E-state index in [1.807, 2.05) is 33.8 Å². The van der Waals surface area contributed by atoms with Crippen molar-refractivity contribution in [3.8, 4) is 0 Å². The number of sulfone groups is 1. The normalized spacial score (nSPS) is 42.9. The molecule has 1 aromatic carbocycles. The molecule has 0 heterocycles. The van der Waals surface area contributed by atoms with Crippen LogP contribution in [0.25, 0.3) is 0 Å². The van der Waals surface area contributed by atoms with E-state index in [-0.39, 0.29) is 60.6 Å². The Hall–Kier alpha value is -0.264. The molecular weight excluding hydrogens is 973 g/mol. The molecular formula is C67H118MgO7S. The fraction of sp³-hybridized carbons (Fsp3) is 0.910. The van der Waals surface area contributed by atoms with Crippen molar-refractivity contribution in [1.82, 2.24) is 0 Å². The van der Waals surface area contributed by atoms with Crippen molar-refractivity contribution in [2.75, 3.05) is 7.11 Å². The number of aliphatic hydroxyl groups excluding tert-OH is 3. The predicted octanol–water partition coefficient (Wildman–Crippen LogP) is 15.1. The number of aliphatic hydroxyl groups is 5. The largest absolute Gasteiger partial charge is 2.00 e. The Kier molecular flexibility index (Phi) is 20.6. The van der Waals surface area contributed by atoms with Crippen LogP contribution in [0.1, 0.15) is 247 Å². The molecule has 0 bridgehead atoms. The van der Waals surface area contributed by atoms with Gasteiger partial charge in [0.1, 0.15) is 0 Å². The molecule has 0 aromatic heterocycles. The van der Waals surface area contributed by atoms with Gasteiger partial charge in [0.05, 0.1) is 33.6 Å².